The van der Waals surface area contributed by atoms with Crippen molar-refractivity contribution >= 4 is 0 Å². The van der Waals surface area contributed by atoms with Crippen LogP contribution in [-0.4, -0.2) is 74.4 Å². The predicted molar refractivity (Wildman–Crippen MR) is 158 cm³/mol. The van der Waals surface area contributed by atoms with Gasteiger partial charge in [0.2, 0.25) is 0 Å². The van der Waals surface area contributed by atoms with Crippen molar-refractivity contribution in [2.45, 2.75) is 78.4 Å². The standard InChI is InChI=1S/C32H51NO6/c1-22(2)17-33(18-23(34)20-38-29-13-11-25(36-9)15-27(29)31(3,4)5)19-24(35)21-39-30-14-12-26(37-10)16-28(30)32(6,7)8/h11-16,22-24,34-35H,17-21H2,1-10H3. The Kier molecular flexibility index (Phi) is 12.0. The maximum Gasteiger partial charge on any atom is 0.123 e. The number of aliphatic hydroxyl groups is 2. The summed E-state index contributed by atoms with van der Waals surface area (Å²) in [7, 11) is 3.30. The molecule has 0 aliphatic rings. The normalized spacial score (nSPS) is 13.9. The number of rotatable bonds is 14. The maximum atomic E-state index is 10.9. The number of methoxy groups -OCH3 is 2. The molecule has 0 bridgehead atoms. The lowest BCUT2D eigenvalue weighted by Gasteiger charge is -2.30. The van der Waals surface area contributed by atoms with E-state index in [1.807, 2.05) is 36.4 Å². The first kappa shape index (κ1) is 32.7. The molecule has 0 aliphatic carbocycles. The molecule has 0 aliphatic heterocycles. The largest absolute Gasteiger partial charge is 0.497 e. The predicted octanol–water partition coefficient (Wildman–Crippen LogP) is 5.44. The van der Waals surface area contributed by atoms with Crippen molar-refractivity contribution < 1.29 is 29.2 Å². The number of benzene rings is 2. The average molecular weight is 546 g/mol. The third kappa shape index (κ3) is 10.5. The summed E-state index contributed by atoms with van der Waals surface area (Å²) in [5.74, 6) is 3.39. The van der Waals surface area contributed by atoms with Crippen molar-refractivity contribution in [3.8, 4) is 23.0 Å². The van der Waals surface area contributed by atoms with Gasteiger partial charge in [0.15, 0.2) is 0 Å². The van der Waals surface area contributed by atoms with Crippen molar-refractivity contribution in [1.82, 2.24) is 4.90 Å². The maximum absolute atomic E-state index is 10.9. The summed E-state index contributed by atoms with van der Waals surface area (Å²) in [5, 5.41) is 21.7. The van der Waals surface area contributed by atoms with Gasteiger partial charge in [-0.3, -0.25) is 4.90 Å². The summed E-state index contributed by atoms with van der Waals surface area (Å²) < 4.78 is 22.9. The van der Waals surface area contributed by atoms with Crippen molar-refractivity contribution in [3.05, 3.63) is 47.5 Å². The van der Waals surface area contributed by atoms with Gasteiger partial charge in [-0.25, -0.2) is 0 Å². The van der Waals surface area contributed by atoms with Crippen molar-refractivity contribution in [3.63, 3.8) is 0 Å². The third-order valence-corrected chi connectivity index (χ3v) is 6.41. The second kappa shape index (κ2) is 14.2. The Morgan fingerprint density at radius 2 is 1.05 bits per heavy atom. The van der Waals surface area contributed by atoms with Crippen LogP contribution in [0.5, 0.6) is 23.0 Å². The van der Waals surface area contributed by atoms with Crippen LogP contribution in [0.3, 0.4) is 0 Å². The Balaban J connectivity index is 2.02. The van der Waals surface area contributed by atoms with Gasteiger partial charge in [0, 0.05) is 30.8 Å². The summed E-state index contributed by atoms with van der Waals surface area (Å²) in [5.41, 5.74) is 1.77. The van der Waals surface area contributed by atoms with Gasteiger partial charge in [-0.05, 0) is 53.1 Å². The zero-order chi connectivity index (χ0) is 29.4. The number of hydrogen-bond donors (Lipinski definition) is 2. The van der Waals surface area contributed by atoms with Gasteiger partial charge in [0.25, 0.3) is 0 Å². The fourth-order valence-corrected chi connectivity index (χ4v) is 4.51. The van der Waals surface area contributed by atoms with Gasteiger partial charge in [-0.2, -0.15) is 0 Å². The Morgan fingerprint density at radius 1 is 0.667 bits per heavy atom. The first-order valence-corrected chi connectivity index (χ1v) is 13.8. The minimum atomic E-state index is -0.721. The Labute approximate surface area is 236 Å². The van der Waals surface area contributed by atoms with Crippen LogP contribution in [0.4, 0.5) is 0 Å². The van der Waals surface area contributed by atoms with Gasteiger partial charge in [0.05, 0.1) is 14.2 Å². The van der Waals surface area contributed by atoms with Crippen LogP contribution < -0.4 is 18.9 Å². The van der Waals surface area contributed by atoms with Crippen LogP contribution in [0.15, 0.2) is 36.4 Å². The molecule has 220 valence electrons. The molecule has 0 saturated heterocycles. The quantitative estimate of drug-likeness (QED) is 0.327. The van der Waals surface area contributed by atoms with Crippen LogP contribution in [0.1, 0.15) is 66.5 Å². The Hall–Kier alpha value is -2.48. The Morgan fingerprint density at radius 3 is 1.36 bits per heavy atom. The first-order valence-electron chi connectivity index (χ1n) is 13.8. The fraction of sp³-hybridized carbons (Fsp3) is 0.625. The summed E-state index contributed by atoms with van der Waals surface area (Å²) in [4.78, 5) is 2.07. The van der Waals surface area contributed by atoms with E-state index in [2.05, 4.69) is 60.3 Å². The highest BCUT2D eigenvalue weighted by Crippen LogP contribution is 2.35. The van der Waals surface area contributed by atoms with Crippen molar-refractivity contribution in [2.75, 3.05) is 47.1 Å². The molecule has 7 nitrogen and oxygen atoms in total. The number of nitrogens with zero attached hydrogens (tertiary/aromatic N) is 1. The molecule has 2 N–H and O–H groups in total. The average Bonchev–Trinajstić information content (AvgIpc) is 2.84. The van der Waals surface area contributed by atoms with E-state index in [1.165, 1.54) is 0 Å². The lowest BCUT2D eigenvalue weighted by Crippen LogP contribution is -2.43. The Bertz CT molecular complexity index is 947. The molecule has 0 aromatic heterocycles. The minimum Gasteiger partial charge on any atom is -0.497 e. The molecule has 39 heavy (non-hydrogen) atoms. The monoisotopic (exact) mass is 545 g/mol. The molecule has 0 saturated carbocycles. The van der Waals surface area contributed by atoms with E-state index >= 15 is 0 Å². The highest BCUT2D eigenvalue weighted by Gasteiger charge is 2.24. The molecule has 2 rings (SSSR count). The highest BCUT2D eigenvalue weighted by atomic mass is 16.5. The van der Waals surface area contributed by atoms with Gasteiger partial charge < -0.3 is 29.2 Å². The summed E-state index contributed by atoms with van der Waals surface area (Å²) in [6.45, 7) is 18.8. The van der Waals surface area contributed by atoms with E-state index < -0.39 is 12.2 Å². The molecule has 2 atom stereocenters. The second-order valence-corrected chi connectivity index (χ2v) is 12.8. The van der Waals surface area contributed by atoms with Crippen LogP contribution in [0.2, 0.25) is 0 Å². The topological polar surface area (TPSA) is 80.6 Å². The summed E-state index contributed by atoms with van der Waals surface area (Å²) >= 11 is 0. The molecule has 0 spiro atoms. The third-order valence-electron chi connectivity index (χ3n) is 6.41. The van der Waals surface area contributed by atoms with Gasteiger partial charge in [-0.1, -0.05) is 55.4 Å². The number of hydrogen-bond acceptors (Lipinski definition) is 7. The van der Waals surface area contributed by atoms with Crippen LogP contribution in [0, 0.1) is 5.92 Å². The molecule has 7 heteroatoms. The second-order valence-electron chi connectivity index (χ2n) is 12.8. The molecular weight excluding hydrogens is 494 g/mol. The molecule has 2 aromatic rings. The van der Waals surface area contributed by atoms with Gasteiger partial charge >= 0.3 is 0 Å². The zero-order valence-corrected chi connectivity index (χ0v) is 25.7. The first-order chi connectivity index (χ1) is 18.1. The number of ether oxygens (including phenoxy) is 4. The van der Waals surface area contributed by atoms with Crippen LogP contribution in [0.25, 0.3) is 0 Å². The van der Waals surface area contributed by atoms with E-state index in [4.69, 9.17) is 18.9 Å². The molecule has 2 aromatic carbocycles. The lowest BCUT2D eigenvalue weighted by molar-refractivity contribution is 0.0268. The molecular formula is C32H51NO6. The SMILES string of the molecule is COc1ccc(OCC(O)CN(CC(C)C)CC(O)COc2ccc(OC)cc2C(C)(C)C)c(C(C)(C)C)c1. The van der Waals surface area contributed by atoms with Gasteiger partial charge in [-0.15, -0.1) is 0 Å². The van der Waals surface area contributed by atoms with Crippen molar-refractivity contribution in [1.29, 1.82) is 0 Å². The zero-order valence-electron chi connectivity index (χ0n) is 25.7. The summed E-state index contributed by atoms with van der Waals surface area (Å²) in [6, 6.07) is 11.5. The van der Waals surface area contributed by atoms with Crippen molar-refractivity contribution in [2.24, 2.45) is 5.92 Å². The summed E-state index contributed by atoms with van der Waals surface area (Å²) in [6.07, 6.45) is -1.44. The number of aliphatic hydroxyl groups excluding tert-OH is 2. The highest BCUT2D eigenvalue weighted by molar-refractivity contribution is 5.45. The fourth-order valence-electron chi connectivity index (χ4n) is 4.51. The molecule has 2 unspecified atom stereocenters. The molecule has 0 amide bonds. The van der Waals surface area contributed by atoms with E-state index in [0.717, 1.165) is 40.7 Å². The smallest absolute Gasteiger partial charge is 0.123 e. The molecule has 0 fully saturated rings. The molecule has 0 radical (unpaired) electrons. The van der Waals surface area contributed by atoms with E-state index in [0.29, 0.717) is 19.0 Å². The molecule has 0 heterocycles. The lowest BCUT2D eigenvalue weighted by atomic mass is 9.86. The van der Waals surface area contributed by atoms with Crippen LogP contribution >= 0.6 is 0 Å². The van der Waals surface area contributed by atoms with E-state index in [-0.39, 0.29) is 24.0 Å². The minimum absolute atomic E-state index is 0.140. The van der Waals surface area contributed by atoms with Crippen LogP contribution in [-0.2, 0) is 10.8 Å². The van der Waals surface area contributed by atoms with Gasteiger partial charge in [0.1, 0.15) is 48.4 Å². The van der Waals surface area contributed by atoms with E-state index in [9.17, 15) is 10.2 Å². The van der Waals surface area contributed by atoms with E-state index in [1.54, 1.807) is 14.2 Å².